The van der Waals surface area contributed by atoms with Crippen molar-refractivity contribution >= 4 is 21.9 Å². The highest BCUT2D eigenvalue weighted by atomic mass is 79.9. The lowest BCUT2D eigenvalue weighted by molar-refractivity contribution is -0.128. The first kappa shape index (κ1) is 21.7. The Bertz CT molecular complexity index is 878. The van der Waals surface area contributed by atoms with E-state index in [0.717, 1.165) is 18.8 Å². The summed E-state index contributed by atoms with van der Waals surface area (Å²) in [6.45, 7) is 7.32. The van der Waals surface area contributed by atoms with Gasteiger partial charge in [0, 0.05) is 10.2 Å². The number of halogens is 1. The summed E-state index contributed by atoms with van der Waals surface area (Å²) < 4.78 is 6.65. The van der Waals surface area contributed by atoms with Gasteiger partial charge in [-0.15, -0.1) is 0 Å². The molecule has 0 unspecified atom stereocenters. The lowest BCUT2D eigenvalue weighted by atomic mass is 9.46. The predicted octanol–water partition coefficient (Wildman–Crippen LogP) is 7.72. The summed E-state index contributed by atoms with van der Waals surface area (Å²) >= 11 is 4.23. The Labute approximate surface area is 196 Å². The largest absolute Gasteiger partial charge is 0.458 e. The SMILES string of the molecule is CC[C@@]1(Br)CC[C@H]2[C@@H]3CCC4=CCCC[C@]4(C)[C@H]3[C@H](OC(=O)c3ccccc3)C[C@@]21C. The number of benzene rings is 1. The predicted molar refractivity (Wildman–Crippen MR) is 129 cm³/mol. The number of hydrogen-bond acceptors (Lipinski definition) is 2. The third-order valence-electron chi connectivity index (χ3n) is 10.0. The number of fused-ring (bicyclic) bond motifs is 5. The zero-order chi connectivity index (χ0) is 21.9. The summed E-state index contributed by atoms with van der Waals surface area (Å²) in [7, 11) is 0. The van der Waals surface area contributed by atoms with Crippen LogP contribution in [-0.4, -0.2) is 16.4 Å². The quantitative estimate of drug-likeness (QED) is 0.249. The van der Waals surface area contributed by atoms with Crippen LogP contribution in [0.4, 0.5) is 0 Å². The van der Waals surface area contributed by atoms with Crippen LogP contribution in [0.1, 0.15) is 88.9 Å². The Hall–Kier alpha value is -1.09. The molecule has 0 amide bonds. The van der Waals surface area contributed by atoms with Gasteiger partial charge in [-0.05, 0) is 92.6 Å². The molecular formula is C28H37BrO2. The van der Waals surface area contributed by atoms with Crippen LogP contribution in [0.25, 0.3) is 0 Å². The van der Waals surface area contributed by atoms with Crippen molar-refractivity contribution in [2.45, 2.75) is 89.0 Å². The van der Waals surface area contributed by atoms with Gasteiger partial charge in [0.2, 0.25) is 0 Å². The summed E-state index contributed by atoms with van der Waals surface area (Å²) in [5.74, 6) is 1.68. The molecule has 0 aliphatic heterocycles. The average Bonchev–Trinajstić information content (AvgIpc) is 3.04. The first-order valence-corrected chi connectivity index (χ1v) is 13.3. The lowest BCUT2D eigenvalue weighted by Gasteiger charge is -2.61. The highest BCUT2D eigenvalue weighted by molar-refractivity contribution is 9.10. The van der Waals surface area contributed by atoms with E-state index in [2.05, 4.69) is 42.8 Å². The van der Waals surface area contributed by atoms with E-state index in [1.165, 1.54) is 44.9 Å². The summed E-state index contributed by atoms with van der Waals surface area (Å²) in [6, 6.07) is 9.59. The number of carbonyl (C=O) groups excluding carboxylic acids is 1. The Morgan fingerprint density at radius 2 is 1.94 bits per heavy atom. The average molecular weight is 486 g/mol. The van der Waals surface area contributed by atoms with Gasteiger partial charge in [0.05, 0.1) is 5.56 Å². The van der Waals surface area contributed by atoms with Gasteiger partial charge in [0.25, 0.3) is 0 Å². The summed E-state index contributed by atoms with van der Waals surface area (Å²) in [4.78, 5) is 13.2. The maximum absolute atomic E-state index is 13.2. The van der Waals surface area contributed by atoms with Crippen molar-refractivity contribution in [1.29, 1.82) is 0 Å². The zero-order valence-electron chi connectivity index (χ0n) is 19.3. The van der Waals surface area contributed by atoms with E-state index in [-0.39, 0.29) is 27.2 Å². The van der Waals surface area contributed by atoms with E-state index < -0.39 is 0 Å². The van der Waals surface area contributed by atoms with Gasteiger partial charge >= 0.3 is 5.97 Å². The molecule has 0 N–H and O–H groups in total. The minimum atomic E-state index is -0.142. The molecule has 7 atom stereocenters. The molecule has 4 aliphatic rings. The Kier molecular flexibility index (Phi) is 5.43. The third-order valence-corrected chi connectivity index (χ3v) is 11.9. The van der Waals surface area contributed by atoms with Crippen molar-refractivity contribution in [3.8, 4) is 0 Å². The van der Waals surface area contributed by atoms with Gasteiger partial charge in [0.15, 0.2) is 0 Å². The first-order chi connectivity index (χ1) is 14.8. The van der Waals surface area contributed by atoms with Gasteiger partial charge in [-0.3, -0.25) is 0 Å². The standard InChI is InChI=1S/C28H37BrO2/c1-4-28(29)17-15-22-21-14-13-20-12-8-9-16-26(20,2)24(21)23(18-27(22,28)3)31-25(30)19-10-6-5-7-11-19/h5-7,10-12,21-24H,4,8-9,13-18H2,1-3H3/t21-,22-,23+,24+,26-,27-,28+/m0/s1. The topological polar surface area (TPSA) is 26.3 Å². The van der Waals surface area contributed by atoms with Gasteiger partial charge < -0.3 is 4.74 Å². The van der Waals surface area contributed by atoms with Gasteiger partial charge in [-0.25, -0.2) is 4.79 Å². The molecule has 3 saturated carbocycles. The van der Waals surface area contributed by atoms with Crippen molar-refractivity contribution < 1.29 is 9.53 Å². The normalized spacial score (nSPS) is 43.9. The van der Waals surface area contributed by atoms with E-state index in [1.807, 2.05) is 30.3 Å². The van der Waals surface area contributed by atoms with Gasteiger partial charge in [-0.2, -0.15) is 0 Å². The molecule has 168 valence electrons. The van der Waals surface area contributed by atoms with Crippen LogP contribution in [0.15, 0.2) is 42.0 Å². The summed E-state index contributed by atoms with van der Waals surface area (Å²) in [5.41, 5.74) is 2.70. The van der Waals surface area contributed by atoms with Crippen LogP contribution in [0.2, 0.25) is 0 Å². The van der Waals surface area contributed by atoms with E-state index >= 15 is 0 Å². The highest BCUT2D eigenvalue weighted by Gasteiger charge is 2.66. The van der Waals surface area contributed by atoms with Gasteiger partial charge in [-0.1, -0.05) is 66.5 Å². The maximum atomic E-state index is 13.2. The molecule has 0 bridgehead atoms. The summed E-state index contributed by atoms with van der Waals surface area (Å²) in [6.07, 6.45) is 13.4. The molecule has 5 rings (SSSR count). The number of rotatable bonds is 3. The minimum absolute atomic E-state index is 0.00710. The number of alkyl halides is 1. The fraction of sp³-hybridized carbons (Fsp3) is 0.679. The minimum Gasteiger partial charge on any atom is -0.458 e. The monoisotopic (exact) mass is 484 g/mol. The van der Waals surface area contributed by atoms with Crippen LogP contribution < -0.4 is 0 Å². The van der Waals surface area contributed by atoms with Crippen LogP contribution in [-0.2, 0) is 4.74 Å². The number of hydrogen-bond donors (Lipinski definition) is 0. The molecule has 0 spiro atoms. The van der Waals surface area contributed by atoms with E-state index in [9.17, 15) is 4.79 Å². The van der Waals surface area contributed by atoms with Crippen molar-refractivity contribution in [1.82, 2.24) is 0 Å². The molecule has 2 nitrogen and oxygen atoms in total. The van der Waals surface area contributed by atoms with Crippen LogP contribution in [0, 0.1) is 28.6 Å². The van der Waals surface area contributed by atoms with Crippen LogP contribution in [0.3, 0.4) is 0 Å². The van der Waals surface area contributed by atoms with Gasteiger partial charge in [0.1, 0.15) is 6.10 Å². The molecule has 0 saturated heterocycles. The third kappa shape index (κ3) is 3.20. The Balaban J connectivity index is 1.55. The molecule has 0 heterocycles. The Morgan fingerprint density at radius 3 is 2.68 bits per heavy atom. The van der Waals surface area contributed by atoms with Crippen LogP contribution in [0.5, 0.6) is 0 Å². The first-order valence-electron chi connectivity index (χ1n) is 12.5. The van der Waals surface area contributed by atoms with Crippen LogP contribution >= 0.6 is 15.9 Å². The number of esters is 1. The van der Waals surface area contributed by atoms with Crippen molar-refractivity contribution in [3.05, 3.63) is 47.5 Å². The second-order valence-electron chi connectivity index (χ2n) is 11.2. The molecule has 4 aliphatic carbocycles. The molecule has 0 aromatic heterocycles. The second-order valence-corrected chi connectivity index (χ2v) is 12.7. The Morgan fingerprint density at radius 1 is 1.16 bits per heavy atom. The zero-order valence-corrected chi connectivity index (χ0v) is 20.9. The molecular weight excluding hydrogens is 448 g/mol. The second kappa shape index (κ2) is 7.75. The number of carbonyl (C=O) groups is 1. The molecule has 0 radical (unpaired) electrons. The number of ether oxygens (including phenoxy) is 1. The molecule has 3 fully saturated rings. The molecule has 31 heavy (non-hydrogen) atoms. The molecule has 3 heteroatoms. The summed E-state index contributed by atoms with van der Waals surface area (Å²) in [5, 5.41) is 0. The molecule has 1 aromatic rings. The fourth-order valence-corrected chi connectivity index (χ4v) is 9.07. The fourth-order valence-electron chi connectivity index (χ4n) is 8.38. The van der Waals surface area contributed by atoms with E-state index in [0.29, 0.717) is 17.4 Å². The van der Waals surface area contributed by atoms with Crippen molar-refractivity contribution in [2.75, 3.05) is 0 Å². The smallest absolute Gasteiger partial charge is 0.338 e. The molecule has 1 aromatic carbocycles. The van der Waals surface area contributed by atoms with E-state index in [4.69, 9.17) is 4.74 Å². The van der Waals surface area contributed by atoms with Crippen molar-refractivity contribution in [2.24, 2.45) is 28.6 Å². The lowest BCUT2D eigenvalue weighted by Crippen LogP contribution is -2.59. The van der Waals surface area contributed by atoms with Crippen molar-refractivity contribution in [3.63, 3.8) is 0 Å². The highest BCUT2D eigenvalue weighted by Crippen LogP contribution is 2.70. The maximum Gasteiger partial charge on any atom is 0.338 e. The number of allylic oxidation sites excluding steroid dienone is 2. The van der Waals surface area contributed by atoms with E-state index in [1.54, 1.807) is 5.57 Å².